The SMILES string of the molecule is CCNC(=O)N1CCCCCNC(=O)C2CCCCC21. The van der Waals surface area contributed by atoms with Crippen LogP contribution in [0.3, 0.4) is 0 Å². The third kappa shape index (κ3) is 3.64. The Kier molecular flexibility index (Phi) is 5.68. The summed E-state index contributed by atoms with van der Waals surface area (Å²) < 4.78 is 0. The van der Waals surface area contributed by atoms with Gasteiger partial charge in [-0.1, -0.05) is 12.8 Å². The van der Waals surface area contributed by atoms with Crippen LogP contribution in [0.5, 0.6) is 0 Å². The molecule has 2 N–H and O–H groups in total. The fourth-order valence-corrected chi connectivity index (χ4v) is 3.39. The molecule has 0 aromatic rings. The van der Waals surface area contributed by atoms with Crippen LogP contribution in [-0.4, -0.2) is 42.5 Å². The fourth-order valence-electron chi connectivity index (χ4n) is 3.39. The van der Waals surface area contributed by atoms with Crippen molar-refractivity contribution in [2.45, 2.75) is 57.9 Å². The van der Waals surface area contributed by atoms with Gasteiger partial charge < -0.3 is 15.5 Å². The van der Waals surface area contributed by atoms with Crippen molar-refractivity contribution in [2.24, 2.45) is 5.92 Å². The first-order valence-electron chi connectivity index (χ1n) is 8.06. The largest absolute Gasteiger partial charge is 0.356 e. The monoisotopic (exact) mass is 281 g/mol. The van der Waals surface area contributed by atoms with Gasteiger partial charge in [0.15, 0.2) is 0 Å². The van der Waals surface area contributed by atoms with E-state index >= 15 is 0 Å². The molecule has 0 radical (unpaired) electrons. The highest BCUT2D eigenvalue weighted by atomic mass is 16.2. The highest BCUT2D eigenvalue weighted by molar-refractivity contribution is 5.81. The molecule has 5 heteroatoms. The minimum Gasteiger partial charge on any atom is -0.356 e. The summed E-state index contributed by atoms with van der Waals surface area (Å²) >= 11 is 0. The minimum atomic E-state index is -0.0237. The third-order valence-corrected chi connectivity index (χ3v) is 4.43. The van der Waals surface area contributed by atoms with Crippen LogP contribution < -0.4 is 10.6 Å². The Balaban J connectivity index is 2.15. The van der Waals surface area contributed by atoms with E-state index in [1.165, 1.54) is 0 Å². The van der Waals surface area contributed by atoms with Crippen LogP contribution in [0, 0.1) is 5.92 Å². The van der Waals surface area contributed by atoms with Crippen molar-refractivity contribution in [3.8, 4) is 0 Å². The lowest BCUT2D eigenvalue weighted by Gasteiger charge is -2.39. The van der Waals surface area contributed by atoms with E-state index < -0.39 is 0 Å². The van der Waals surface area contributed by atoms with Crippen molar-refractivity contribution >= 4 is 11.9 Å². The maximum Gasteiger partial charge on any atom is 0.317 e. The van der Waals surface area contributed by atoms with Gasteiger partial charge in [0.25, 0.3) is 0 Å². The van der Waals surface area contributed by atoms with Gasteiger partial charge >= 0.3 is 6.03 Å². The fraction of sp³-hybridized carbons (Fsp3) is 0.867. The number of hydrogen-bond donors (Lipinski definition) is 2. The zero-order valence-electron chi connectivity index (χ0n) is 12.5. The van der Waals surface area contributed by atoms with Crippen molar-refractivity contribution in [2.75, 3.05) is 19.6 Å². The lowest BCUT2D eigenvalue weighted by Crippen LogP contribution is -2.54. The Labute approximate surface area is 121 Å². The standard InChI is InChI=1S/C15H27N3O2/c1-2-16-15(20)18-11-7-3-6-10-17-14(19)12-8-4-5-9-13(12)18/h12-13H,2-11H2,1H3,(H,16,20)(H,17,19). The molecule has 1 aliphatic carbocycles. The lowest BCUT2D eigenvalue weighted by atomic mass is 9.82. The Morgan fingerprint density at radius 2 is 2.05 bits per heavy atom. The van der Waals surface area contributed by atoms with E-state index in [-0.39, 0.29) is 23.9 Å². The number of fused-ring (bicyclic) bond motifs is 1. The van der Waals surface area contributed by atoms with Crippen LogP contribution in [0.1, 0.15) is 51.9 Å². The van der Waals surface area contributed by atoms with Crippen LogP contribution in [0.4, 0.5) is 4.79 Å². The molecule has 1 saturated heterocycles. The number of nitrogens with zero attached hydrogens (tertiary/aromatic N) is 1. The molecule has 1 aliphatic heterocycles. The highest BCUT2D eigenvalue weighted by Crippen LogP contribution is 2.29. The number of carbonyl (C=O) groups is 2. The van der Waals surface area contributed by atoms with E-state index in [1.807, 2.05) is 11.8 Å². The summed E-state index contributed by atoms with van der Waals surface area (Å²) in [6, 6.07) is 0.0752. The molecule has 114 valence electrons. The number of amides is 3. The molecule has 0 aromatic heterocycles. The number of nitrogens with one attached hydrogen (secondary N) is 2. The van der Waals surface area contributed by atoms with E-state index in [2.05, 4.69) is 10.6 Å². The van der Waals surface area contributed by atoms with Gasteiger partial charge in [-0.15, -0.1) is 0 Å². The Morgan fingerprint density at radius 1 is 1.25 bits per heavy atom. The zero-order valence-corrected chi connectivity index (χ0v) is 12.5. The van der Waals surface area contributed by atoms with Gasteiger partial charge in [0.1, 0.15) is 0 Å². The minimum absolute atomic E-state index is 0.00206. The maximum absolute atomic E-state index is 12.3. The van der Waals surface area contributed by atoms with Gasteiger partial charge in [-0.3, -0.25) is 4.79 Å². The summed E-state index contributed by atoms with van der Waals surface area (Å²) in [5.41, 5.74) is 0. The Bertz CT molecular complexity index is 346. The lowest BCUT2D eigenvalue weighted by molar-refractivity contribution is -0.128. The van der Waals surface area contributed by atoms with Gasteiger partial charge in [-0.05, 0) is 39.0 Å². The number of rotatable bonds is 1. The molecule has 20 heavy (non-hydrogen) atoms. The second-order valence-corrected chi connectivity index (χ2v) is 5.84. The first-order valence-corrected chi connectivity index (χ1v) is 8.06. The summed E-state index contributed by atoms with van der Waals surface area (Å²) in [7, 11) is 0. The topological polar surface area (TPSA) is 61.4 Å². The van der Waals surface area contributed by atoms with Crippen LogP contribution in [-0.2, 0) is 4.79 Å². The summed E-state index contributed by atoms with van der Waals surface area (Å²) in [5.74, 6) is 0.121. The van der Waals surface area contributed by atoms with Crippen molar-refractivity contribution in [3.05, 3.63) is 0 Å². The average molecular weight is 281 g/mol. The second-order valence-electron chi connectivity index (χ2n) is 5.84. The first-order chi connectivity index (χ1) is 9.74. The Morgan fingerprint density at radius 3 is 2.85 bits per heavy atom. The molecule has 2 fully saturated rings. The van der Waals surface area contributed by atoms with Crippen molar-refractivity contribution in [3.63, 3.8) is 0 Å². The predicted molar refractivity (Wildman–Crippen MR) is 78.4 cm³/mol. The first kappa shape index (κ1) is 15.1. The van der Waals surface area contributed by atoms with Crippen LogP contribution in [0.2, 0.25) is 0 Å². The number of urea groups is 1. The van der Waals surface area contributed by atoms with E-state index in [4.69, 9.17) is 0 Å². The molecular weight excluding hydrogens is 254 g/mol. The third-order valence-electron chi connectivity index (χ3n) is 4.43. The van der Waals surface area contributed by atoms with Crippen LogP contribution in [0.25, 0.3) is 0 Å². The molecule has 1 heterocycles. The summed E-state index contributed by atoms with van der Waals surface area (Å²) in [6.45, 7) is 4.13. The van der Waals surface area contributed by atoms with E-state index in [0.717, 1.165) is 58.0 Å². The summed E-state index contributed by atoms with van der Waals surface area (Å²) in [5, 5.41) is 5.95. The number of hydrogen-bond acceptors (Lipinski definition) is 2. The van der Waals surface area contributed by atoms with Crippen molar-refractivity contribution < 1.29 is 9.59 Å². The molecular formula is C15H27N3O2. The molecule has 2 unspecified atom stereocenters. The second kappa shape index (κ2) is 7.50. The molecule has 0 aromatic carbocycles. The average Bonchev–Trinajstić information content (AvgIpc) is 2.46. The molecule has 2 atom stereocenters. The van der Waals surface area contributed by atoms with Gasteiger partial charge in [0.2, 0.25) is 5.91 Å². The molecule has 2 rings (SSSR count). The molecule has 0 spiro atoms. The van der Waals surface area contributed by atoms with Gasteiger partial charge in [-0.25, -0.2) is 4.79 Å². The maximum atomic E-state index is 12.3. The molecule has 1 saturated carbocycles. The molecule has 5 nitrogen and oxygen atoms in total. The van der Waals surface area contributed by atoms with Crippen LogP contribution in [0.15, 0.2) is 0 Å². The van der Waals surface area contributed by atoms with Crippen molar-refractivity contribution in [1.29, 1.82) is 0 Å². The summed E-state index contributed by atoms with van der Waals surface area (Å²) in [6.07, 6.45) is 7.17. The predicted octanol–water partition coefficient (Wildman–Crippen LogP) is 1.88. The van der Waals surface area contributed by atoms with Gasteiger partial charge in [0, 0.05) is 25.7 Å². The number of carbonyl (C=O) groups excluding carboxylic acids is 2. The van der Waals surface area contributed by atoms with Gasteiger partial charge in [0.05, 0.1) is 5.92 Å². The molecule has 0 bridgehead atoms. The Hall–Kier alpha value is -1.26. The van der Waals surface area contributed by atoms with Crippen LogP contribution >= 0.6 is 0 Å². The summed E-state index contributed by atoms with van der Waals surface area (Å²) in [4.78, 5) is 26.6. The quantitative estimate of drug-likeness (QED) is 0.771. The molecule has 3 amide bonds. The normalized spacial score (nSPS) is 28.2. The van der Waals surface area contributed by atoms with Gasteiger partial charge in [-0.2, -0.15) is 0 Å². The highest BCUT2D eigenvalue weighted by Gasteiger charge is 2.36. The van der Waals surface area contributed by atoms with E-state index in [1.54, 1.807) is 0 Å². The molecule has 2 aliphatic rings. The smallest absolute Gasteiger partial charge is 0.317 e. The van der Waals surface area contributed by atoms with E-state index in [9.17, 15) is 9.59 Å². The zero-order chi connectivity index (χ0) is 14.4. The van der Waals surface area contributed by atoms with E-state index in [0.29, 0.717) is 6.54 Å². The van der Waals surface area contributed by atoms with Crippen molar-refractivity contribution in [1.82, 2.24) is 15.5 Å².